The summed E-state index contributed by atoms with van der Waals surface area (Å²) in [6.07, 6.45) is 3.23. The predicted molar refractivity (Wildman–Crippen MR) is 83.8 cm³/mol. The van der Waals surface area contributed by atoms with Gasteiger partial charge in [0.05, 0.1) is 23.6 Å². The van der Waals surface area contributed by atoms with Crippen LogP contribution in [-0.2, 0) is 9.53 Å². The van der Waals surface area contributed by atoms with Crippen LogP contribution >= 0.6 is 11.8 Å². The molecule has 114 valence electrons. The maximum atomic E-state index is 12.0. The molecule has 0 radical (unpaired) electrons. The number of nitrogens with zero attached hydrogens (tertiary/aromatic N) is 2. The lowest BCUT2D eigenvalue weighted by Crippen LogP contribution is -2.17. The van der Waals surface area contributed by atoms with E-state index in [0.717, 1.165) is 0 Å². The first-order valence-corrected chi connectivity index (χ1v) is 7.65. The third-order valence-electron chi connectivity index (χ3n) is 2.57. The number of carbonyl (C=O) groups excluding carboxylic acids is 2. The topological polar surface area (TPSA) is 81.2 Å². The summed E-state index contributed by atoms with van der Waals surface area (Å²) in [7, 11) is 0. The number of thioether (sulfide) groups is 1. The van der Waals surface area contributed by atoms with E-state index in [4.69, 9.17) is 4.74 Å². The molecular weight excluding hydrogens is 302 g/mol. The van der Waals surface area contributed by atoms with E-state index in [2.05, 4.69) is 15.3 Å². The monoisotopic (exact) mass is 317 g/mol. The fraction of sp³-hybridized carbons (Fsp3) is 0.200. The van der Waals surface area contributed by atoms with Crippen molar-refractivity contribution in [3.63, 3.8) is 0 Å². The van der Waals surface area contributed by atoms with Crippen molar-refractivity contribution in [2.75, 3.05) is 17.7 Å². The van der Waals surface area contributed by atoms with Crippen molar-refractivity contribution in [2.24, 2.45) is 0 Å². The van der Waals surface area contributed by atoms with Gasteiger partial charge in [0.15, 0.2) is 5.16 Å². The Morgan fingerprint density at radius 1 is 1.18 bits per heavy atom. The molecular formula is C15H15N3O3S. The van der Waals surface area contributed by atoms with Crippen LogP contribution < -0.4 is 5.32 Å². The molecule has 1 aromatic carbocycles. The van der Waals surface area contributed by atoms with Crippen LogP contribution in [0.15, 0.2) is 47.9 Å². The van der Waals surface area contributed by atoms with Crippen molar-refractivity contribution in [2.45, 2.75) is 12.1 Å². The Morgan fingerprint density at radius 3 is 2.64 bits per heavy atom. The zero-order valence-electron chi connectivity index (χ0n) is 12.0. The summed E-state index contributed by atoms with van der Waals surface area (Å²) in [5.74, 6) is -0.548. The number of ether oxygens (including phenoxy) is 1. The highest BCUT2D eigenvalue weighted by Crippen LogP contribution is 2.17. The summed E-state index contributed by atoms with van der Waals surface area (Å²) < 4.78 is 4.96. The van der Waals surface area contributed by atoms with Crippen LogP contribution in [-0.4, -0.2) is 34.2 Å². The second kappa shape index (κ2) is 8.14. The van der Waals surface area contributed by atoms with Gasteiger partial charge < -0.3 is 10.1 Å². The van der Waals surface area contributed by atoms with Crippen LogP contribution in [0.3, 0.4) is 0 Å². The summed E-state index contributed by atoms with van der Waals surface area (Å²) in [6, 6.07) is 8.44. The second-order valence-corrected chi connectivity index (χ2v) is 5.08. The van der Waals surface area contributed by atoms with Gasteiger partial charge in [-0.1, -0.05) is 23.9 Å². The number of anilines is 1. The third kappa shape index (κ3) is 4.56. The van der Waals surface area contributed by atoms with Gasteiger partial charge in [0.1, 0.15) is 0 Å². The van der Waals surface area contributed by atoms with E-state index in [9.17, 15) is 9.59 Å². The number of rotatable bonds is 6. The summed E-state index contributed by atoms with van der Waals surface area (Å²) in [5.41, 5.74) is 0.763. The minimum Gasteiger partial charge on any atom is -0.462 e. The van der Waals surface area contributed by atoms with E-state index in [-0.39, 0.29) is 18.3 Å². The summed E-state index contributed by atoms with van der Waals surface area (Å²) >= 11 is 1.22. The van der Waals surface area contributed by atoms with Crippen molar-refractivity contribution in [3.8, 4) is 0 Å². The Balaban J connectivity index is 1.98. The van der Waals surface area contributed by atoms with Gasteiger partial charge in [-0.05, 0) is 25.1 Å². The molecule has 0 saturated carbocycles. The highest BCUT2D eigenvalue weighted by molar-refractivity contribution is 7.99. The highest BCUT2D eigenvalue weighted by Gasteiger charge is 2.14. The van der Waals surface area contributed by atoms with Crippen LogP contribution in [0.4, 0.5) is 5.69 Å². The summed E-state index contributed by atoms with van der Waals surface area (Å²) in [6.45, 7) is 2.01. The number of hydrogen-bond acceptors (Lipinski definition) is 6. The first-order valence-electron chi connectivity index (χ1n) is 6.66. The molecule has 0 aliphatic rings. The van der Waals surface area contributed by atoms with Crippen LogP contribution in [0.25, 0.3) is 0 Å². The number of aromatic nitrogens is 2. The normalized spacial score (nSPS) is 10.0. The molecule has 0 spiro atoms. The van der Waals surface area contributed by atoms with E-state index >= 15 is 0 Å². The fourth-order valence-electron chi connectivity index (χ4n) is 1.66. The van der Waals surface area contributed by atoms with E-state index < -0.39 is 5.97 Å². The third-order valence-corrected chi connectivity index (χ3v) is 3.45. The van der Waals surface area contributed by atoms with Crippen molar-refractivity contribution >= 4 is 29.3 Å². The molecule has 2 rings (SSSR count). The number of esters is 1. The molecule has 7 heteroatoms. The predicted octanol–water partition coefficient (Wildman–Crippen LogP) is 2.38. The van der Waals surface area contributed by atoms with Crippen LogP contribution in [0.5, 0.6) is 0 Å². The molecule has 0 unspecified atom stereocenters. The Labute approximate surface area is 132 Å². The minimum absolute atomic E-state index is 0.154. The van der Waals surface area contributed by atoms with Crippen LogP contribution in [0.1, 0.15) is 17.3 Å². The fourth-order valence-corrected chi connectivity index (χ4v) is 2.26. The lowest BCUT2D eigenvalue weighted by atomic mass is 10.2. The van der Waals surface area contributed by atoms with Crippen molar-refractivity contribution in [1.82, 2.24) is 9.97 Å². The van der Waals surface area contributed by atoms with Crippen LogP contribution in [0.2, 0.25) is 0 Å². The number of nitrogens with one attached hydrogen (secondary N) is 1. The SMILES string of the molecule is CCOC(=O)c1ccccc1NC(=O)CSc1ncccn1. The number of benzene rings is 1. The highest BCUT2D eigenvalue weighted by atomic mass is 32.2. The lowest BCUT2D eigenvalue weighted by Gasteiger charge is -2.09. The molecule has 0 saturated heterocycles. The van der Waals surface area contributed by atoms with Gasteiger partial charge >= 0.3 is 5.97 Å². The zero-order chi connectivity index (χ0) is 15.8. The average Bonchev–Trinajstić information content (AvgIpc) is 2.54. The Morgan fingerprint density at radius 2 is 1.91 bits per heavy atom. The first-order chi connectivity index (χ1) is 10.7. The van der Waals surface area contributed by atoms with E-state index in [1.54, 1.807) is 49.6 Å². The molecule has 6 nitrogen and oxygen atoms in total. The molecule has 22 heavy (non-hydrogen) atoms. The molecule has 1 N–H and O–H groups in total. The standard InChI is InChI=1S/C15H15N3O3S/c1-2-21-14(20)11-6-3-4-7-12(11)18-13(19)10-22-15-16-8-5-9-17-15/h3-9H,2,10H2,1H3,(H,18,19). The Bertz CT molecular complexity index is 649. The van der Waals surface area contributed by atoms with Gasteiger partial charge in [-0.2, -0.15) is 0 Å². The Hall–Kier alpha value is -2.41. The lowest BCUT2D eigenvalue weighted by molar-refractivity contribution is -0.113. The average molecular weight is 317 g/mol. The summed E-state index contributed by atoms with van der Waals surface area (Å²) in [5, 5.41) is 3.23. The zero-order valence-corrected chi connectivity index (χ0v) is 12.8. The Kier molecular flexibility index (Phi) is 5.91. The molecule has 1 aromatic heterocycles. The number of amides is 1. The smallest absolute Gasteiger partial charge is 0.340 e. The molecule has 0 bridgehead atoms. The molecule has 0 aliphatic carbocycles. The second-order valence-electron chi connectivity index (χ2n) is 4.13. The van der Waals surface area contributed by atoms with Crippen LogP contribution in [0, 0.1) is 0 Å². The molecule has 2 aromatic rings. The van der Waals surface area contributed by atoms with Crippen molar-refractivity contribution < 1.29 is 14.3 Å². The maximum Gasteiger partial charge on any atom is 0.340 e. The molecule has 0 atom stereocenters. The minimum atomic E-state index is -0.461. The van der Waals surface area contributed by atoms with Gasteiger partial charge in [0, 0.05) is 12.4 Å². The van der Waals surface area contributed by atoms with Gasteiger partial charge in [0.25, 0.3) is 0 Å². The van der Waals surface area contributed by atoms with Gasteiger partial charge in [0.2, 0.25) is 5.91 Å². The maximum absolute atomic E-state index is 12.0. The quantitative estimate of drug-likeness (QED) is 0.500. The largest absolute Gasteiger partial charge is 0.462 e. The number of hydrogen-bond donors (Lipinski definition) is 1. The molecule has 0 fully saturated rings. The van der Waals surface area contributed by atoms with Gasteiger partial charge in [-0.15, -0.1) is 0 Å². The first kappa shape index (κ1) is 16.0. The molecule has 1 amide bonds. The molecule has 1 heterocycles. The van der Waals surface area contributed by atoms with Gasteiger partial charge in [-0.3, -0.25) is 4.79 Å². The van der Waals surface area contributed by atoms with Crippen molar-refractivity contribution in [3.05, 3.63) is 48.3 Å². The number of para-hydroxylation sites is 1. The van der Waals surface area contributed by atoms with Gasteiger partial charge in [-0.25, -0.2) is 14.8 Å². The summed E-state index contributed by atoms with van der Waals surface area (Å²) in [4.78, 5) is 31.9. The van der Waals surface area contributed by atoms with E-state index in [0.29, 0.717) is 16.4 Å². The molecule has 0 aliphatic heterocycles. The van der Waals surface area contributed by atoms with Crippen molar-refractivity contribution in [1.29, 1.82) is 0 Å². The van der Waals surface area contributed by atoms with E-state index in [1.165, 1.54) is 11.8 Å². The van der Waals surface area contributed by atoms with E-state index in [1.807, 2.05) is 0 Å². The number of carbonyl (C=O) groups is 2.